The lowest BCUT2D eigenvalue weighted by atomic mass is 10.3. The van der Waals surface area contributed by atoms with E-state index in [1.807, 2.05) is 32.0 Å². The molecule has 1 aromatic carbocycles. The van der Waals surface area contributed by atoms with Crippen molar-refractivity contribution in [2.45, 2.75) is 29.9 Å². The number of anilines is 1. The van der Waals surface area contributed by atoms with E-state index >= 15 is 0 Å². The number of thiazole rings is 1. The lowest BCUT2D eigenvalue weighted by Crippen LogP contribution is -2.31. The van der Waals surface area contributed by atoms with Crippen molar-refractivity contribution in [3.63, 3.8) is 0 Å². The summed E-state index contributed by atoms with van der Waals surface area (Å²) in [5.74, 6) is 0.0608. The van der Waals surface area contributed by atoms with Crippen LogP contribution in [0.3, 0.4) is 0 Å². The van der Waals surface area contributed by atoms with Crippen molar-refractivity contribution in [2.24, 2.45) is 0 Å². The van der Waals surface area contributed by atoms with Gasteiger partial charge in [-0.15, -0.1) is 11.3 Å². The number of carbonyl (C=O) groups is 1. The third kappa shape index (κ3) is 3.61. The summed E-state index contributed by atoms with van der Waals surface area (Å²) in [6, 6.07) is 5.67. The standard InChI is InChI=1S/C13H17N3OS2/c1-3-6-15-12(17)8(2)18-13-16-10-5-4-9(14)7-11(10)19-13/h4-5,7-8H,3,6,14H2,1-2H3,(H,15,17). The van der Waals surface area contributed by atoms with Crippen LogP contribution in [0.2, 0.25) is 0 Å². The summed E-state index contributed by atoms with van der Waals surface area (Å²) in [7, 11) is 0. The maximum Gasteiger partial charge on any atom is 0.233 e. The molecule has 0 bridgehead atoms. The molecule has 19 heavy (non-hydrogen) atoms. The van der Waals surface area contributed by atoms with Crippen molar-refractivity contribution < 1.29 is 4.79 Å². The van der Waals surface area contributed by atoms with Gasteiger partial charge in [0.1, 0.15) is 0 Å². The van der Waals surface area contributed by atoms with Crippen LogP contribution in [-0.2, 0) is 4.79 Å². The minimum Gasteiger partial charge on any atom is -0.399 e. The predicted octanol–water partition coefficient (Wildman–Crippen LogP) is 2.89. The van der Waals surface area contributed by atoms with Crippen molar-refractivity contribution in [2.75, 3.05) is 12.3 Å². The van der Waals surface area contributed by atoms with E-state index in [1.54, 1.807) is 11.3 Å². The largest absolute Gasteiger partial charge is 0.399 e. The van der Waals surface area contributed by atoms with Gasteiger partial charge in [0.25, 0.3) is 0 Å². The van der Waals surface area contributed by atoms with E-state index in [-0.39, 0.29) is 11.2 Å². The molecule has 0 aliphatic rings. The minimum absolute atomic E-state index is 0.0608. The SMILES string of the molecule is CCCNC(=O)C(C)Sc1nc2ccc(N)cc2s1. The molecule has 3 N–H and O–H groups in total. The average molecular weight is 295 g/mol. The van der Waals surface area contributed by atoms with E-state index in [1.165, 1.54) is 11.8 Å². The Kier molecular flexibility index (Phi) is 4.66. The van der Waals surface area contributed by atoms with Gasteiger partial charge in [0, 0.05) is 12.2 Å². The highest BCUT2D eigenvalue weighted by atomic mass is 32.2. The molecular weight excluding hydrogens is 278 g/mol. The molecule has 6 heteroatoms. The number of thioether (sulfide) groups is 1. The number of carbonyl (C=O) groups excluding carboxylic acids is 1. The highest BCUT2D eigenvalue weighted by molar-refractivity contribution is 8.02. The number of nitrogens with zero attached hydrogens (tertiary/aromatic N) is 1. The fourth-order valence-corrected chi connectivity index (χ4v) is 3.85. The highest BCUT2D eigenvalue weighted by Gasteiger charge is 2.16. The van der Waals surface area contributed by atoms with E-state index in [0.717, 1.165) is 33.2 Å². The summed E-state index contributed by atoms with van der Waals surface area (Å²) < 4.78 is 1.96. The zero-order chi connectivity index (χ0) is 13.8. The molecule has 1 atom stereocenters. The first kappa shape index (κ1) is 14.1. The molecule has 0 radical (unpaired) electrons. The van der Waals surface area contributed by atoms with E-state index in [4.69, 9.17) is 5.73 Å². The number of amides is 1. The second-order valence-corrected chi connectivity index (χ2v) is 6.88. The first-order valence-electron chi connectivity index (χ1n) is 6.20. The van der Waals surface area contributed by atoms with Crippen LogP contribution >= 0.6 is 23.1 Å². The second kappa shape index (κ2) is 6.25. The summed E-state index contributed by atoms with van der Waals surface area (Å²) in [6.07, 6.45) is 0.948. The molecule has 1 heterocycles. The monoisotopic (exact) mass is 295 g/mol. The lowest BCUT2D eigenvalue weighted by Gasteiger charge is -2.09. The van der Waals surface area contributed by atoms with Crippen LogP contribution in [0.4, 0.5) is 5.69 Å². The number of nitrogen functional groups attached to an aromatic ring is 1. The molecule has 0 saturated carbocycles. The quantitative estimate of drug-likeness (QED) is 0.657. The lowest BCUT2D eigenvalue weighted by molar-refractivity contribution is -0.120. The predicted molar refractivity (Wildman–Crippen MR) is 82.7 cm³/mol. The van der Waals surface area contributed by atoms with E-state index in [9.17, 15) is 4.79 Å². The van der Waals surface area contributed by atoms with Crippen molar-refractivity contribution in [3.05, 3.63) is 18.2 Å². The summed E-state index contributed by atoms with van der Waals surface area (Å²) in [5, 5.41) is 2.76. The van der Waals surface area contributed by atoms with Crippen LogP contribution < -0.4 is 11.1 Å². The Morgan fingerprint density at radius 3 is 3.11 bits per heavy atom. The van der Waals surface area contributed by atoms with Crippen LogP contribution in [0.1, 0.15) is 20.3 Å². The van der Waals surface area contributed by atoms with Gasteiger partial charge in [-0.25, -0.2) is 4.98 Å². The van der Waals surface area contributed by atoms with Crippen LogP contribution in [-0.4, -0.2) is 22.7 Å². The fraction of sp³-hybridized carbons (Fsp3) is 0.385. The maximum absolute atomic E-state index is 11.8. The van der Waals surface area contributed by atoms with Gasteiger partial charge in [0.2, 0.25) is 5.91 Å². The fourth-order valence-electron chi connectivity index (χ4n) is 1.57. The van der Waals surface area contributed by atoms with E-state index in [2.05, 4.69) is 10.3 Å². The van der Waals surface area contributed by atoms with Crippen LogP contribution in [0.25, 0.3) is 10.2 Å². The molecular formula is C13H17N3OS2. The number of hydrogen-bond acceptors (Lipinski definition) is 5. The van der Waals surface area contributed by atoms with Gasteiger partial charge in [-0.05, 0) is 31.5 Å². The third-order valence-corrected chi connectivity index (χ3v) is 4.80. The zero-order valence-corrected chi connectivity index (χ0v) is 12.6. The molecule has 1 aromatic heterocycles. The molecule has 0 aliphatic heterocycles. The molecule has 2 aromatic rings. The Bertz CT molecular complexity index is 582. The molecule has 102 valence electrons. The van der Waals surface area contributed by atoms with E-state index < -0.39 is 0 Å². The minimum atomic E-state index is -0.135. The van der Waals surface area contributed by atoms with Gasteiger partial charge in [-0.2, -0.15) is 0 Å². The van der Waals surface area contributed by atoms with Gasteiger partial charge in [-0.1, -0.05) is 18.7 Å². The summed E-state index contributed by atoms with van der Waals surface area (Å²) >= 11 is 3.06. The summed E-state index contributed by atoms with van der Waals surface area (Å²) in [4.78, 5) is 16.3. The Balaban J connectivity index is 2.06. The maximum atomic E-state index is 11.8. The molecule has 1 unspecified atom stereocenters. The molecule has 0 spiro atoms. The van der Waals surface area contributed by atoms with Crippen molar-refractivity contribution in [1.82, 2.24) is 10.3 Å². The zero-order valence-electron chi connectivity index (χ0n) is 11.0. The number of benzene rings is 1. The smallest absolute Gasteiger partial charge is 0.233 e. The van der Waals surface area contributed by atoms with Gasteiger partial charge in [-0.3, -0.25) is 4.79 Å². The summed E-state index contributed by atoms with van der Waals surface area (Å²) in [6.45, 7) is 4.66. The number of nitrogens with one attached hydrogen (secondary N) is 1. The third-order valence-electron chi connectivity index (χ3n) is 2.59. The Hall–Kier alpha value is -1.27. The van der Waals surface area contributed by atoms with Crippen LogP contribution in [0, 0.1) is 0 Å². The van der Waals surface area contributed by atoms with Gasteiger partial charge < -0.3 is 11.1 Å². The van der Waals surface area contributed by atoms with Crippen molar-refractivity contribution >= 4 is 44.9 Å². The van der Waals surface area contributed by atoms with Crippen molar-refractivity contribution in [1.29, 1.82) is 0 Å². The Morgan fingerprint density at radius 1 is 1.58 bits per heavy atom. The highest BCUT2D eigenvalue weighted by Crippen LogP contribution is 2.32. The van der Waals surface area contributed by atoms with Crippen LogP contribution in [0.5, 0.6) is 0 Å². The second-order valence-electron chi connectivity index (χ2n) is 4.26. The first-order chi connectivity index (χ1) is 9.10. The summed E-state index contributed by atoms with van der Waals surface area (Å²) in [5.41, 5.74) is 7.42. The van der Waals surface area contributed by atoms with E-state index in [0.29, 0.717) is 0 Å². The van der Waals surface area contributed by atoms with Crippen LogP contribution in [0.15, 0.2) is 22.5 Å². The van der Waals surface area contributed by atoms with Crippen molar-refractivity contribution in [3.8, 4) is 0 Å². The first-order valence-corrected chi connectivity index (χ1v) is 7.90. The molecule has 0 aliphatic carbocycles. The molecule has 0 saturated heterocycles. The Labute approximate surface area is 120 Å². The average Bonchev–Trinajstić information content (AvgIpc) is 2.77. The number of aromatic nitrogens is 1. The number of fused-ring (bicyclic) bond motifs is 1. The Morgan fingerprint density at radius 2 is 2.37 bits per heavy atom. The van der Waals surface area contributed by atoms with Gasteiger partial charge >= 0.3 is 0 Å². The number of hydrogen-bond donors (Lipinski definition) is 2. The molecule has 4 nitrogen and oxygen atoms in total. The normalized spacial score (nSPS) is 12.5. The molecule has 0 fully saturated rings. The molecule has 1 amide bonds. The van der Waals surface area contributed by atoms with Gasteiger partial charge in [0.15, 0.2) is 4.34 Å². The molecule has 2 rings (SSSR count). The van der Waals surface area contributed by atoms with Gasteiger partial charge in [0.05, 0.1) is 15.5 Å². The number of nitrogens with two attached hydrogens (primary N) is 1. The number of rotatable bonds is 5. The topological polar surface area (TPSA) is 68.0 Å².